The highest BCUT2D eigenvalue weighted by Gasteiger charge is 2.24. The molecule has 1 rings (SSSR count). The second kappa shape index (κ2) is 9.10. The van der Waals surface area contributed by atoms with Gasteiger partial charge < -0.3 is 15.7 Å². The van der Waals surface area contributed by atoms with Crippen LogP contribution in [0.1, 0.15) is 45.4 Å². The van der Waals surface area contributed by atoms with Gasteiger partial charge in [-0.25, -0.2) is 9.59 Å². The zero-order valence-corrected chi connectivity index (χ0v) is 13.2. The van der Waals surface area contributed by atoms with Crippen molar-refractivity contribution in [1.29, 1.82) is 0 Å². The fraction of sp³-hybridized carbons (Fsp3) is 0.857. The van der Waals surface area contributed by atoms with Gasteiger partial charge in [0.15, 0.2) is 0 Å². The molecule has 3 atom stereocenters. The van der Waals surface area contributed by atoms with E-state index >= 15 is 0 Å². The van der Waals surface area contributed by atoms with Crippen LogP contribution in [0.25, 0.3) is 0 Å². The molecule has 0 spiro atoms. The zero-order valence-electron chi connectivity index (χ0n) is 12.4. The standard InChI is InChI=1S/C14H26N2O3S/c1-3-10-5-4-6-11(9-10)15-14(19)16-12(13(17)18)7-8-20-2/h10-12H,3-9H2,1-2H3,(H,17,18)(H2,15,16,19)/t10?,11?,12-/m1/s1. The maximum atomic E-state index is 11.9. The number of thioether (sulfide) groups is 1. The lowest BCUT2D eigenvalue weighted by Crippen LogP contribution is -2.50. The first-order chi connectivity index (χ1) is 9.56. The van der Waals surface area contributed by atoms with Crippen molar-refractivity contribution in [3.8, 4) is 0 Å². The first-order valence-electron chi connectivity index (χ1n) is 7.35. The molecule has 0 bridgehead atoms. The van der Waals surface area contributed by atoms with E-state index in [9.17, 15) is 9.59 Å². The van der Waals surface area contributed by atoms with Crippen molar-refractivity contribution in [3.63, 3.8) is 0 Å². The maximum absolute atomic E-state index is 11.9. The highest BCUT2D eigenvalue weighted by molar-refractivity contribution is 7.98. The quantitative estimate of drug-likeness (QED) is 0.675. The molecule has 2 unspecified atom stereocenters. The van der Waals surface area contributed by atoms with Crippen LogP contribution in [0.5, 0.6) is 0 Å². The van der Waals surface area contributed by atoms with Gasteiger partial charge in [-0.1, -0.05) is 26.2 Å². The number of aliphatic carboxylic acids is 1. The first kappa shape index (κ1) is 17.1. The summed E-state index contributed by atoms with van der Waals surface area (Å²) >= 11 is 1.58. The molecule has 0 heterocycles. The van der Waals surface area contributed by atoms with E-state index in [1.165, 1.54) is 6.42 Å². The third-order valence-corrected chi connectivity index (χ3v) is 4.55. The molecule has 2 amide bonds. The predicted molar refractivity (Wildman–Crippen MR) is 82.1 cm³/mol. The summed E-state index contributed by atoms with van der Waals surface area (Å²) in [6.07, 6.45) is 7.89. The van der Waals surface area contributed by atoms with E-state index in [-0.39, 0.29) is 12.1 Å². The number of carbonyl (C=O) groups excluding carboxylic acids is 1. The molecule has 3 N–H and O–H groups in total. The van der Waals surface area contributed by atoms with Crippen LogP contribution in [0.4, 0.5) is 4.79 Å². The molecule has 20 heavy (non-hydrogen) atoms. The summed E-state index contributed by atoms with van der Waals surface area (Å²) in [5.41, 5.74) is 0. The fourth-order valence-electron chi connectivity index (χ4n) is 2.67. The third kappa shape index (κ3) is 6.03. The van der Waals surface area contributed by atoms with Crippen molar-refractivity contribution in [1.82, 2.24) is 10.6 Å². The molecule has 0 saturated heterocycles. The van der Waals surface area contributed by atoms with Gasteiger partial charge in [0, 0.05) is 6.04 Å². The van der Waals surface area contributed by atoms with Gasteiger partial charge in [-0.3, -0.25) is 0 Å². The summed E-state index contributed by atoms with van der Waals surface area (Å²) in [6.45, 7) is 2.18. The summed E-state index contributed by atoms with van der Waals surface area (Å²) in [6, 6.07) is -0.961. The van der Waals surface area contributed by atoms with Crippen LogP contribution >= 0.6 is 11.8 Å². The summed E-state index contributed by atoms with van der Waals surface area (Å²) < 4.78 is 0. The van der Waals surface area contributed by atoms with Crippen molar-refractivity contribution >= 4 is 23.8 Å². The van der Waals surface area contributed by atoms with Gasteiger partial charge in [0.1, 0.15) is 6.04 Å². The van der Waals surface area contributed by atoms with Gasteiger partial charge in [0.2, 0.25) is 0 Å². The Labute approximate surface area is 125 Å². The number of rotatable bonds is 7. The largest absolute Gasteiger partial charge is 0.480 e. The molecule has 1 fully saturated rings. The number of hydrogen-bond donors (Lipinski definition) is 3. The number of carboxylic acids is 1. The van der Waals surface area contributed by atoms with Crippen LogP contribution < -0.4 is 10.6 Å². The molecule has 1 aliphatic carbocycles. The number of amides is 2. The Morgan fingerprint density at radius 1 is 1.40 bits per heavy atom. The predicted octanol–water partition coefficient (Wildman–Crippen LogP) is 2.46. The highest BCUT2D eigenvalue weighted by Crippen LogP contribution is 2.26. The van der Waals surface area contributed by atoms with Gasteiger partial charge in [-0.05, 0) is 37.2 Å². The van der Waals surface area contributed by atoms with Gasteiger partial charge >= 0.3 is 12.0 Å². The molecule has 116 valence electrons. The van der Waals surface area contributed by atoms with Crippen LogP contribution in [0.15, 0.2) is 0 Å². The van der Waals surface area contributed by atoms with Crippen LogP contribution in [0, 0.1) is 5.92 Å². The van der Waals surface area contributed by atoms with Crippen LogP contribution in [-0.2, 0) is 4.79 Å². The van der Waals surface area contributed by atoms with Crippen LogP contribution in [0.3, 0.4) is 0 Å². The molecule has 0 aromatic rings. The van der Waals surface area contributed by atoms with E-state index in [1.54, 1.807) is 11.8 Å². The van der Waals surface area contributed by atoms with Crippen molar-refractivity contribution in [2.45, 2.75) is 57.5 Å². The third-order valence-electron chi connectivity index (χ3n) is 3.91. The Hall–Kier alpha value is -0.910. The van der Waals surface area contributed by atoms with Crippen molar-refractivity contribution < 1.29 is 14.7 Å². The molecule has 1 saturated carbocycles. The van der Waals surface area contributed by atoms with E-state index in [0.29, 0.717) is 12.3 Å². The highest BCUT2D eigenvalue weighted by atomic mass is 32.2. The molecule has 0 aliphatic heterocycles. The minimum absolute atomic E-state index is 0.184. The van der Waals surface area contributed by atoms with E-state index in [1.807, 2.05) is 6.26 Å². The van der Waals surface area contributed by atoms with E-state index in [2.05, 4.69) is 17.6 Å². The van der Waals surface area contributed by atoms with E-state index in [0.717, 1.165) is 31.4 Å². The number of hydrogen-bond acceptors (Lipinski definition) is 3. The maximum Gasteiger partial charge on any atom is 0.326 e. The second-order valence-corrected chi connectivity index (χ2v) is 6.41. The molecule has 0 aromatic carbocycles. The Balaban J connectivity index is 2.38. The first-order valence-corrected chi connectivity index (χ1v) is 8.75. The van der Waals surface area contributed by atoms with Gasteiger partial charge in [-0.15, -0.1) is 0 Å². The molecule has 6 heteroatoms. The molecule has 5 nitrogen and oxygen atoms in total. The smallest absolute Gasteiger partial charge is 0.326 e. The Morgan fingerprint density at radius 3 is 2.75 bits per heavy atom. The Bertz CT molecular complexity index is 326. The van der Waals surface area contributed by atoms with Crippen molar-refractivity contribution in [2.24, 2.45) is 5.92 Å². The number of carbonyl (C=O) groups is 2. The van der Waals surface area contributed by atoms with E-state index < -0.39 is 12.0 Å². The van der Waals surface area contributed by atoms with Crippen molar-refractivity contribution in [3.05, 3.63) is 0 Å². The number of nitrogens with one attached hydrogen (secondary N) is 2. The monoisotopic (exact) mass is 302 g/mol. The fourth-order valence-corrected chi connectivity index (χ4v) is 3.14. The average Bonchev–Trinajstić information content (AvgIpc) is 2.43. The molecular formula is C14H26N2O3S. The summed E-state index contributed by atoms with van der Waals surface area (Å²) in [5.74, 6) is 0.434. The van der Waals surface area contributed by atoms with E-state index in [4.69, 9.17) is 5.11 Å². The normalized spacial score (nSPS) is 23.9. The SMILES string of the molecule is CCC1CCCC(NC(=O)N[C@H](CCSC)C(=O)O)C1. The minimum Gasteiger partial charge on any atom is -0.480 e. The topological polar surface area (TPSA) is 78.4 Å². The van der Waals surface area contributed by atoms with Crippen LogP contribution in [-0.4, -0.2) is 41.2 Å². The van der Waals surface area contributed by atoms with Crippen LogP contribution in [0.2, 0.25) is 0 Å². The summed E-state index contributed by atoms with van der Waals surface area (Å²) in [7, 11) is 0. The molecular weight excluding hydrogens is 276 g/mol. The average molecular weight is 302 g/mol. The van der Waals surface area contributed by atoms with Gasteiger partial charge in [0.25, 0.3) is 0 Å². The molecule has 1 aliphatic rings. The Kier molecular flexibility index (Phi) is 7.80. The lowest BCUT2D eigenvalue weighted by atomic mass is 9.84. The van der Waals surface area contributed by atoms with Gasteiger partial charge in [-0.2, -0.15) is 11.8 Å². The van der Waals surface area contributed by atoms with Crippen molar-refractivity contribution in [2.75, 3.05) is 12.0 Å². The summed E-state index contributed by atoms with van der Waals surface area (Å²) in [5, 5.41) is 14.6. The molecule has 0 radical (unpaired) electrons. The lowest BCUT2D eigenvalue weighted by Gasteiger charge is -2.29. The second-order valence-electron chi connectivity index (χ2n) is 5.43. The minimum atomic E-state index is -0.968. The zero-order chi connectivity index (χ0) is 15.0. The lowest BCUT2D eigenvalue weighted by molar-refractivity contribution is -0.139. The molecule has 0 aromatic heterocycles. The number of carboxylic acid groups (broad SMARTS) is 1. The summed E-state index contributed by atoms with van der Waals surface area (Å²) in [4.78, 5) is 23.0. The van der Waals surface area contributed by atoms with Gasteiger partial charge in [0.05, 0.1) is 0 Å². The Morgan fingerprint density at radius 2 is 2.15 bits per heavy atom. The number of urea groups is 1.